The van der Waals surface area contributed by atoms with E-state index in [9.17, 15) is 18.4 Å². The highest BCUT2D eigenvalue weighted by atomic mass is 19.1. The number of carbonyl (C=O) groups excluding carboxylic acids is 2. The van der Waals surface area contributed by atoms with Crippen molar-refractivity contribution in [3.63, 3.8) is 0 Å². The summed E-state index contributed by atoms with van der Waals surface area (Å²) in [6, 6.07) is 9.01. The fraction of sp³-hybridized carbons (Fsp3) is 0.304. The number of para-hydroxylation sites is 1. The smallest absolute Gasteiger partial charge is 0.330 e. The van der Waals surface area contributed by atoms with Crippen molar-refractivity contribution in [1.29, 1.82) is 0 Å². The van der Waals surface area contributed by atoms with E-state index in [0.717, 1.165) is 5.69 Å². The van der Waals surface area contributed by atoms with Crippen LogP contribution in [-0.2, 0) is 14.3 Å². The highest BCUT2D eigenvalue weighted by Crippen LogP contribution is 2.29. The van der Waals surface area contributed by atoms with Crippen LogP contribution in [0.4, 0.5) is 20.2 Å². The van der Waals surface area contributed by atoms with Crippen molar-refractivity contribution in [3.8, 4) is 5.75 Å². The number of ether oxygens (including phenoxy) is 2. The summed E-state index contributed by atoms with van der Waals surface area (Å²) in [5, 5.41) is 2.67. The topological polar surface area (TPSA) is 67.9 Å². The summed E-state index contributed by atoms with van der Waals surface area (Å²) < 4.78 is 37.6. The molecule has 2 aromatic carbocycles. The molecule has 1 amide bonds. The van der Waals surface area contributed by atoms with Crippen LogP contribution >= 0.6 is 0 Å². The minimum absolute atomic E-state index is 0.0263. The van der Waals surface area contributed by atoms with Crippen molar-refractivity contribution in [2.75, 3.05) is 37.5 Å². The zero-order valence-electron chi connectivity index (χ0n) is 17.4. The number of carbonyl (C=O) groups is 2. The highest BCUT2D eigenvalue weighted by molar-refractivity contribution is 5.96. The quantitative estimate of drug-likeness (QED) is 0.554. The van der Waals surface area contributed by atoms with Gasteiger partial charge in [0.1, 0.15) is 5.82 Å². The molecule has 1 fully saturated rings. The summed E-state index contributed by atoms with van der Waals surface area (Å²) in [6.07, 6.45) is 3.69. The third kappa shape index (κ3) is 5.39. The van der Waals surface area contributed by atoms with Crippen LogP contribution in [0.1, 0.15) is 18.4 Å². The lowest BCUT2D eigenvalue weighted by Crippen LogP contribution is -2.38. The predicted octanol–water partition coefficient (Wildman–Crippen LogP) is 4.01. The molecule has 1 heterocycles. The highest BCUT2D eigenvalue weighted by Gasteiger charge is 2.26. The molecule has 0 saturated carbocycles. The average molecular weight is 430 g/mol. The zero-order valence-corrected chi connectivity index (χ0v) is 17.4. The maximum Gasteiger partial charge on any atom is 0.330 e. The number of methoxy groups -OCH3 is 2. The molecule has 3 rings (SSSR count). The van der Waals surface area contributed by atoms with Crippen molar-refractivity contribution in [1.82, 2.24) is 0 Å². The molecule has 0 unspecified atom stereocenters. The molecule has 0 atom stereocenters. The Morgan fingerprint density at radius 2 is 1.84 bits per heavy atom. The number of nitrogens with zero attached hydrogens (tertiary/aromatic N) is 1. The molecule has 0 aliphatic carbocycles. The van der Waals surface area contributed by atoms with Gasteiger partial charge in [-0.1, -0.05) is 12.1 Å². The maximum absolute atomic E-state index is 14.4. The number of benzene rings is 2. The largest absolute Gasteiger partial charge is 0.494 e. The molecule has 164 valence electrons. The standard InChI is InChI=1S/C23H24F2N2O4/c1-30-20-14-17(7-8-18(20)24)27-12-10-16(11-13-27)23(29)26-22-15(4-3-5-19(22)25)6-9-21(28)31-2/h3-9,14,16H,10-13H2,1-2H3,(H,26,29)/b9-6+. The van der Waals surface area contributed by atoms with E-state index in [0.29, 0.717) is 31.5 Å². The Labute approximate surface area is 179 Å². The first kappa shape index (κ1) is 22.3. The van der Waals surface area contributed by atoms with Crippen molar-refractivity contribution in [2.45, 2.75) is 12.8 Å². The third-order valence-corrected chi connectivity index (χ3v) is 5.26. The molecule has 0 aromatic heterocycles. The molecular weight excluding hydrogens is 406 g/mol. The summed E-state index contributed by atoms with van der Waals surface area (Å²) in [7, 11) is 2.66. The van der Waals surface area contributed by atoms with Gasteiger partial charge in [-0.15, -0.1) is 0 Å². The lowest BCUT2D eigenvalue weighted by Gasteiger charge is -2.33. The fourth-order valence-electron chi connectivity index (χ4n) is 3.51. The minimum atomic E-state index is -0.587. The molecule has 6 nitrogen and oxygen atoms in total. The molecule has 1 aliphatic heterocycles. The van der Waals surface area contributed by atoms with Crippen LogP contribution in [0.2, 0.25) is 0 Å². The number of piperidine rings is 1. The van der Waals surface area contributed by atoms with E-state index in [1.54, 1.807) is 18.2 Å². The van der Waals surface area contributed by atoms with Crippen molar-refractivity contribution < 1.29 is 27.8 Å². The molecule has 8 heteroatoms. The second kappa shape index (κ2) is 10.1. The molecule has 2 aromatic rings. The Bertz CT molecular complexity index is 986. The summed E-state index contributed by atoms with van der Waals surface area (Å²) in [5.74, 6) is -2.00. The molecular formula is C23H24F2N2O4. The molecule has 1 saturated heterocycles. The lowest BCUT2D eigenvalue weighted by molar-refractivity contribution is -0.134. The fourth-order valence-corrected chi connectivity index (χ4v) is 3.51. The number of esters is 1. The third-order valence-electron chi connectivity index (χ3n) is 5.26. The number of anilines is 2. The molecule has 1 N–H and O–H groups in total. The number of rotatable bonds is 6. The second-order valence-corrected chi connectivity index (χ2v) is 7.13. The van der Waals surface area contributed by atoms with Crippen LogP contribution in [-0.4, -0.2) is 39.2 Å². The van der Waals surface area contributed by atoms with Crippen LogP contribution in [0.5, 0.6) is 5.75 Å². The number of amides is 1. The molecule has 31 heavy (non-hydrogen) atoms. The Morgan fingerprint density at radius 1 is 1.10 bits per heavy atom. The van der Waals surface area contributed by atoms with Gasteiger partial charge in [0.25, 0.3) is 0 Å². The van der Waals surface area contributed by atoms with Gasteiger partial charge in [-0.25, -0.2) is 13.6 Å². The van der Waals surface area contributed by atoms with Gasteiger partial charge < -0.3 is 19.7 Å². The van der Waals surface area contributed by atoms with Crippen molar-refractivity contribution >= 4 is 29.3 Å². The second-order valence-electron chi connectivity index (χ2n) is 7.13. The summed E-state index contributed by atoms with van der Waals surface area (Å²) in [5.41, 5.74) is 1.22. The van der Waals surface area contributed by atoms with Crippen molar-refractivity contribution in [2.24, 2.45) is 5.92 Å². The van der Waals surface area contributed by atoms with Gasteiger partial charge in [-0.3, -0.25) is 4.79 Å². The van der Waals surface area contributed by atoms with E-state index >= 15 is 0 Å². The first-order valence-electron chi connectivity index (χ1n) is 9.86. The number of nitrogens with one attached hydrogen (secondary N) is 1. The van der Waals surface area contributed by atoms with Gasteiger partial charge in [0.15, 0.2) is 11.6 Å². The van der Waals surface area contributed by atoms with E-state index < -0.39 is 17.6 Å². The van der Waals surface area contributed by atoms with E-state index in [-0.39, 0.29) is 23.3 Å². The Balaban J connectivity index is 1.66. The van der Waals surface area contributed by atoms with Crippen molar-refractivity contribution in [3.05, 3.63) is 59.7 Å². The Morgan fingerprint density at radius 3 is 2.52 bits per heavy atom. The summed E-state index contributed by atoms with van der Waals surface area (Å²) >= 11 is 0. The predicted molar refractivity (Wildman–Crippen MR) is 114 cm³/mol. The van der Waals surface area contributed by atoms with Gasteiger partial charge in [0.2, 0.25) is 5.91 Å². The summed E-state index contributed by atoms with van der Waals surface area (Å²) in [6.45, 7) is 1.19. The monoisotopic (exact) mass is 430 g/mol. The van der Waals surface area contributed by atoms with Crippen LogP contribution in [0.3, 0.4) is 0 Å². The van der Waals surface area contributed by atoms with Gasteiger partial charge >= 0.3 is 5.97 Å². The molecule has 1 aliphatic rings. The SMILES string of the molecule is COC(=O)/C=C/c1cccc(F)c1NC(=O)C1CCN(c2ccc(F)c(OC)c2)CC1. The van der Waals surface area contributed by atoms with Crippen LogP contribution < -0.4 is 15.0 Å². The zero-order chi connectivity index (χ0) is 22.4. The number of hydrogen-bond acceptors (Lipinski definition) is 5. The first-order valence-corrected chi connectivity index (χ1v) is 9.86. The normalized spacial score (nSPS) is 14.5. The maximum atomic E-state index is 14.4. The van der Waals surface area contributed by atoms with E-state index in [4.69, 9.17) is 4.74 Å². The number of halogens is 2. The minimum Gasteiger partial charge on any atom is -0.494 e. The lowest BCUT2D eigenvalue weighted by atomic mass is 9.95. The van der Waals surface area contributed by atoms with Crippen LogP contribution in [0.15, 0.2) is 42.5 Å². The number of hydrogen-bond donors (Lipinski definition) is 1. The average Bonchev–Trinajstić information content (AvgIpc) is 2.79. The van der Waals surface area contributed by atoms with Gasteiger partial charge in [0.05, 0.1) is 19.9 Å². The van der Waals surface area contributed by atoms with E-state index in [1.807, 2.05) is 0 Å². The Hall–Kier alpha value is -3.42. The van der Waals surface area contributed by atoms with Gasteiger partial charge in [-0.2, -0.15) is 0 Å². The van der Waals surface area contributed by atoms with Gasteiger partial charge in [-0.05, 0) is 37.1 Å². The van der Waals surface area contributed by atoms with Gasteiger partial charge in [0, 0.05) is 42.4 Å². The molecule has 0 spiro atoms. The molecule has 0 bridgehead atoms. The van der Waals surface area contributed by atoms with E-state index in [1.165, 1.54) is 44.6 Å². The van der Waals surface area contributed by atoms with Crippen LogP contribution in [0, 0.1) is 17.6 Å². The first-order chi connectivity index (χ1) is 14.9. The summed E-state index contributed by atoms with van der Waals surface area (Å²) in [4.78, 5) is 26.2. The Kier molecular flexibility index (Phi) is 7.23. The van der Waals surface area contributed by atoms with Crippen LogP contribution in [0.25, 0.3) is 6.08 Å². The molecule has 0 radical (unpaired) electrons. The van der Waals surface area contributed by atoms with E-state index in [2.05, 4.69) is 15.0 Å².